The van der Waals surface area contributed by atoms with E-state index in [9.17, 15) is 19.2 Å². The summed E-state index contributed by atoms with van der Waals surface area (Å²) in [7, 11) is -10.8. The zero-order valence-corrected chi connectivity index (χ0v) is 7.13. The molecule has 9 nitrogen and oxygen atoms in total. The average Bonchev–Trinajstić information content (AvgIpc) is 1.49. The summed E-state index contributed by atoms with van der Waals surface area (Å²) in [5.41, 5.74) is -3.16. The van der Waals surface area contributed by atoms with E-state index in [1.807, 2.05) is 0 Å². The van der Waals surface area contributed by atoms with Crippen LogP contribution in [0.5, 0.6) is 0 Å². The van der Waals surface area contributed by atoms with Crippen molar-refractivity contribution in [3.8, 4) is 0 Å². The van der Waals surface area contributed by atoms with Crippen LogP contribution in [0.2, 0.25) is 0 Å². The van der Waals surface area contributed by atoms with E-state index < -0.39 is 25.6 Å². The van der Waals surface area contributed by atoms with Crippen LogP contribution in [0, 0.1) is 10.1 Å². The molecular weight excluding hydrogens is 216 g/mol. The minimum Gasteiger partial charge on any atom is -0.319 e. The van der Waals surface area contributed by atoms with Crippen molar-refractivity contribution in [2.24, 2.45) is 0 Å². The molecule has 0 aliphatic rings. The summed E-state index contributed by atoms with van der Waals surface area (Å²) in [6.45, 7) is 0. The van der Waals surface area contributed by atoms with Crippen LogP contribution in [0.1, 0.15) is 0 Å². The molecule has 4 N–H and O–H groups in total. The minimum absolute atomic E-state index is 1.69. The predicted molar refractivity (Wildman–Crippen MR) is 34.9 cm³/mol. The Morgan fingerprint density at radius 2 is 1.33 bits per heavy atom. The Morgan fingerprint density at radius 1 is 1.08 bits per heavy atom. The van der Waals surface area contributed by atoms with Crippen LogP contribution in [0.3, 0.4) is 0 Å². The third kappa shape index (κ3) is 2.98. The first-order valence-corrected chi connectivity index (χ1v) is 5.67. The normalized spacial score (nSPS) is 13.4. The van der Waals surface area contributed by atoms with Crippen molar-refractivity contribution in [2.45, 2.75) is 5.52 Å². The second-order valence-corrected chi connectivity index (χ2v) is 5.55. The third-order valence-electron chi connectivity index (χ3n) is 0.790. The van der Waals surface area contributed by atoms with Gasteiger partial charge in [0.2, 0.25) is 0 Å². The molecule has 72 valence electrons. The van der Waals surface area contributed by atoms with Gasteiger partial charge in [0.25, 0.3) is 0 Å². The lowest BCUT2D eigenvalue weighted by Crippen LogP contribution is -2.19. The predicted octanol–water partition coefficient (Wildman–Crippen LogP) is -1.10. The summed E-state index contributed by atoms with van der Waals surface area (Å²) < 4.78 is 20.4. The van der Waals surface area contributed by atoms with Crippen LogP contribution in [-0.4, -0.2) is 30.0 Å². The second-order valence-electron chi connectivity index (χ2n) is 1.81. The highest BCUT2D eigenvalue weighted by Gasteiger charge is 2.54. The lowest BCUT2D eigenvalue weighted by atomic mass is 11.5. The average molecular weight is 221 g/mol. The summed E-state index contributed by atoms with van der Waals surface area (Å²) in [4.78, 5) is 40.8. The molecule has 12 heavy (non-hydrogen) atoms. The van der Waals surface area contributed by atoms with E-state index in [0.29, 0.717) is 0 Å². The van der Waals surface area contributed by atoms with Crippen molar-refractivity contribution in [3.05, 3.63) is 10.1 Å². The Bertz CT molecular complexity index is 249. The SMILES string of the molecule is O=[N+]([O-])C(P(=O)(O)O)P(=O)(O)O. The molecule has 0 aliphatic heterocycles. The maximum absolute atomic E-state index is 10.2. The van der Waals surface area contributed by atoms with Gasteiger partial charge >= 0.3 is 20.7 Å². The molecule has 0 rings (SSSR count). The Kier molecular flexibility index (Phi) is 3.13. The van der Waals surface area contributed by atoms with E-state index in [0.717, 1.165) is 0 Å². The van der Waals surface area contributed by atoms with Crippen molar-refractivity contribution < 1.29 is 33.6 Å². The van der Waals surface area contributed by atoms with Crippen LogP contribution in [0.4, 0.5) is 0 Å². The van der Waals surface area contributed by atoms with Gasteiger partial charge in [-0.15, -0.1) is 0 Å². The molecule has 0 amide bonds. The monoisotopic (exact) mass is 221 g/mol. The Balaban J connectivity index is 5.11. The highest BCUT2D eigenvalue weighted by Crippen LogP contribution is 2.59. The molecule has 0 atom stereocenters. The summed E-state index contributed by atoms with van der Waals surface area (Å²) in [6, 6.07) is 0. The topological polar surface area (TPSA) is 158 Å². The lowest BCUT2D eigenvalue weighted by molar-refractivity contribution is -0.481. The van der Waals surface area contributed by atoms with Gasteiger partial charge in [-0.05, 0) is 0 Å². The molecule has 0 saturated heterocycles. The largest absolute Gasteiger partial charge is 0.411 e. The van der Waals surface area contributed by atoms with Gasteiger partial charge in [-0.1, -0.05) is 0 Å². The highest BCUT2D eigenvalue weighted by atomic mass is 31.2. The van der Waals surface area contributed by atoms with E-state index in [2.05, 4.69) is 0 Å². The summed E-state index contributed by atoms with van der Waals surface area (Å²) in [5.74, 6) is 0. The summed E-state index contributed by atoms with van der Waals surface area (Å²) in [5, 5.41) is 9.81. The number of hydrogen-bond donors (Lipinski definition) is 4. The van der Waals surface area contributed by atoms with Gasteiger partial charge < -0.3 is 19.6 Å². The summed E-state index contributed by atoms with van der Waals surface area (Å²) >= 11 is 0. The van der Waals surface area contributed by atoms with Gasteiger partial charge in [0.05, 0.1) is 0 Å². The van der Waals surface area contributed by atoms with E-state index in [1.165, 1.54) is 0 Å². The van der Waals surface area contributed by atoms with E-state index in [-0.39, 0.29) is 0 Å². The van der Waals surface area contributed by atoms with Crippen molar-refractivity contribution >= 4 is 15.2 Å². The van der Waals surface area contributed by atoms with Crippen LogP contribution < -0.4 is 0 Å². The Labute approximate surface area is 65.5 Å². The van der Waals surface area contributed by atoms with Gasteiger partial charge in [0, 0.05) is 4.92 Å². The van der Waals surface area contributed by atoms with Gasteiger partial charge in [0.1, 0.15) is 0 Å². The fraction of sp³-hybridized carbons (Fsp3) is 1.00. The first kappa shape index (κ1) is 11.7. The quantitative estimate of drug-likeness (QED) is 0.265. The number of rotatable bonds is 3. The van der Waals surface area contributed by atoms with E-state index in [4.69, 9.17) is 19.6 Å². The Morgan fingerprint density at radius 3 is 1.33 bits per heavy atom. The number of nitrogens with zero attached hydrogens (tertiary/aromatic N) is 1. The first-order valence-electron chi connectivity index (χ1n) is 2.30. The maximum Gasteiger partial charge on any atom is 0.411 e. The minimum atomic E-state index is -5.42. The fourth-order valence-electron chi connectivity index (χ4n) is 0.442. The van der Waals surface area contributed by atoms with Gasteiger partial charge in [-0.3, -0.25) is 19.2 Å². The molecule has 0 aromatic rings. The molecule has 0 spiro atoms. The van der Waals surface area contributed by atoms with E-state index >= 15 is 0 Å². The molecule has 0 saturated carbocycles. The number of hydrogen-bond acceptors (Lipinski definition) is 4. The molecular formula is CH5NO8P2. The summed E-state index contributed by atoms with van der Waals surface area (Å²) in [6.07, 6.45) is 0. The molecule has 0 aliphatic carbocycles. The molecule has 0 heterocycles. The molecule has 0 unspecified atom stereocenters. The van der Waals surface area contributed by atoms with Gasteiger partial charge in [-0.25, -0.2) is 0 Å². The molecule has 0 aromatic heterocycles. The van der Waals surface area contributed by atoms with Crippen LogP contribution in [0.15, 0.2) is 0 Å². The van der Waals surface area contributed by atoms with Crippen molar-refractivity contribution in [1.82, 2.24) is 0 Å². The maximum atomic E-state index is 10.2. The number of nitro groups is 1. The highest BCUT2D eigenvalue weighted by molar-refractivity contribution is 7.70. The van der Waals surface area contributed by atoms with Crippen molar-refractivity contribution in [3.63, 3.8) is 0 Å². The molecule has 0 radical (unpaired) electrons. The third-order valence-corrected chi connectivity index (χ3v) is 4.18. The zero-order valence-electron chi connectivity index (χ0n) is 5.34. The van der Waals surface area contributed by atoms with Gasteiger partial charge in [0.15, 0.2) is 0 Å². The van der Waals surface area contributed by atoms with Crippen molar-refractivity contribution in [1.29, 1.82) is 0 Å². The van der Waals surface area contributed by atoms with Crippen LogP contribution in [-0.2, 0) is 9.13 Å². The van der Waals surface area contributed by atoms with Crippen molar-refractivity contribution in [2.75, 3.05) is 0 Å². The second kappa shape index (κ2) is 3.21. The zero-order chi connectivity index (χ0) is 10.2. The van der Waals surface area contributed by atoms with E-state index in [1.54, 1.807) is 0 Å². The lowest BCUT2D eigenvalue weighted by Gasteiger charge is -2.11. The molecule has 0 aromatic carbocycles. The molecule has 0 fully saturated rings. The standard InChI is InChI=1S/CH5NO8P2/c3-2(4)1(11(5,6)7)12(8,9)10/h1H,(H2,5,6,7)(H2,8,9,10). The smallest absolute Gasteiger partial charge is 0.319 e. The first-order chi connectivity index (χ1) is 5.07. The Hall–Kier alpha value is -0.300. The van der Waals surface area contributed by atoms with Gasteiger partial charge in [-0.2, -0.15) is 0 Å². The molecule has 0 bridgehead atoms. The van der Waals surface area contributed by atoms with Crippen LogP contribution in [0.25, 0.3) is 0 Å². The van der Waals surface area contributed by atoms with Crippen LogP contribution >= 0.6 is 15.2 Å². The molecule has 11 heteroatoms. The fourth-order valence-corrected chi connectivity index (χ4v) is 2.50.